The van der Waals surface area contributed by atoms with Gasteiger partial charge in [-0.05, 0) is 49.2 Å². The van der Waals surface area contributed by atoms with E-state index in [1.807, 2.05) is 31.2 Å². The van der Waals surface area contributed by atoms with Gasteiger partial charge in [0.2, 0.25) is 5.91 Å². The van der Waals surface area contributed by atoms with E-state index in [1.54, 1.807) is 13.2 Å². The van der Waals surface area contributed by atoms with Crippen LogP contribution in [0.1, 0.15) is 18.1 Å². The number of para-hydroxylation sites is 2. The van der Waals surface area contributed by atoms with Gasteiger partial charge in [-0.3, -0.25) is 4.79 Å². The molecule has 166 valence electrons. The fourth-order valence-electron chi connectivity index (χ4n) is 4.71. The number of ether oxygens (including phenoxy) is 1. The van der Waals surface area contributed by atoms with Crippen molar-refractivity contribution in [2.45, 2.75) is 25.6 Å². The third kappa shape index (κ3) is 4.03. The maximum atomic E-state index is 13.3. The quantitative estimate of drug-likeness (QED) is 0.799. The number of benzene rings is 2. The molecule has 5 nitrogen and oxygen atoms in total. The molecule has 1 fully saturated rings. The predicted octanol–water partition coefficient (Wildman–Crippen LogP) is 3.72. The zero-order chi connectivity index (χ0) is 22.2. The van der Waals surface area contributed by atoms with E-state index in [0.29, 0.717) is 31.7 Å². The van der Waals surface area contributed by atoms with Gasteiger partial charge in [-0.15, -0.1) is 0 Å². The molecular weight excluding hydrogens is 407 g/mol. The smallest absolute Gasteiger partial charge is 0.416 e. The van der Waals surface area contributed by atoms with Crippen LogP contribution < -0.4 is 19.9 Å². The summed E-state index contributed by atoms with van der Waals surface area (Å²) in [5, 5.41) is 2.87. The number of piperazine rings is 1. The Morgan fingerprint density at radius 1 is 1.16 bits per heavy atom. The Bertz CT molecular complexity index is 963. The average molecular weight is 433 g/mol. The minimum atomic E-state index is -4.41. The monoisotopic (exact) mass is 433 g/mol. The van der Waals surface area contributed by atoms with Crippen molar-refractivity contribution >= 4 is 17.3 Å². The average Bonchev–Trinajstić information content (AvgIpc) is 2.77. The number of carbonyl (C=O) groups is 1. The lowest BCUT2D eigenvalue weighted by Crippen LogP contribution is -2.61. The summed E-state index contributed by atoms with van der Waals surface area (Å²) >= 11 is 0. The molecule has 2 heterocycles. The molecule has 0 radical (unpaired) electrons. The Labute approximate surface area is 179 Å². The van der Waals surface area contributed by atoms with Crippen molar-refractivity contribution in [3.8, 4) is 5.75 Å². The first-order valence-electron chi connectivity index (χ1n) is 10.5. The number of hydrogen-bond donors (Lipinski definition) is 1. The number of alkyl halides is 3. The number of hydrogen-bond acceptors (Lipinski definition) is 4. The number of rotatable bonds is 4. The van der Waals surface area contributed by atoms with Gasteiger partial charge in [0.05, 0.1) is 30.3 Å². The largest absolute Gasteiger partial charge is 0.495 e. The normalized spacial score (nSPS) is 20.7. The summed E-state index contributed by atoms with van der Waals surface area (Å²) < 4.78 is 45.3. The highest BCUT2D eigenvalue weighted by molar-refractivity contribution is 5.82. The van der Waals surface area contributed by atoms with Crippen molar-refractivity contribution in [2.24, 2.45) is 5.92 Å². The lowest BCUT2D eigenvalue weighted by Gasteiger charge is -2.49. The molecule has 1 saturated heterocycles. The molecule has 0 aliphatic carbocycles. The molecule has 8 heteroatoms. The van der Waals surface area contributed by atoms with E-state index < -0.39 is 17.7 Å². The van der Waals surface area contributed by atoms with Crippen molar-refractivity contribution in [1.29, 1.82) is 0 Å². The van der Waals surface area contributed by atoms with Crippen molar-refractivity contribution in [3.63, 3.8) is 0 Å². The minimum Gasteiger partial charge on any atom is -0.495 e. The summed E-state index contributed by atoms with van der Waals surface area (Å²) in [6.07, 6.45) is -4.12. The highest BCUT2D eigenvalue weighted by atomic mass is 19.4. The Morgan fingerprint density at radius 2 is 1.94 bits per heavy atom. The van der Waals surface area contributed by atoms with E-state index >= 15 is 0 Å². The first-order chi connectivity index (χ1) is 14.8. The van der Waals surface area contributed by atoms with Gasteiger partial charge in [0.15, 0.2) is 0 Å². The second kappa shape index (κ2) is 8.32. The summed E-state index contributed by atoms with van der Waals surface area (Å²) in [7, 11) is 1.63. The van der Waals surface area contributed by atoms with Gasteiger partial charge in [-0.2, -0.15) is 13.2 Å². The molecule has 2 atom stereocenters. The number of anilines is 2. The summed E-state index contributed by atoms with van der Waals surface area (Å²) in [4.78, 5) is 17.2. The van der Waals surface area contributed by atoms with E-state index in [2.05, 4.69) is 15.1 Å². The van der Waals surface area contributed by atoms with E-state index in [1.165, 1.54) is 6.07 Å². The second-order valence-electron chi connectivity index (χ2n) is 7.93. The van der Waals surface area contributed by atoms with E-state index in [9.17, 15) is 18.0 Å². The molecular formula is C23H26F3N3O2. The molecule has 0 saturated carbocycles. The Kier molecular flexibility index (Phi) is 5.73. The minimum absolute atomic E-state index is 0.123. The second-order valence-corrected chi connectivity index (χ2v) is 7.93. The van der Waals surface area contributed by atoms with Crippen LogP contribution in [0.5, 0.6) is 5.75 Å². The Morgan fingerprint density at radius 3 is 2.65 bits per heavy atom. The molecule has 2 aliphatic rings. The van der Waals surface area contributed by atoms with Crippen molar-refractivity contribution in [1.82, 2.24) is 5.32 Å². The third-order valence-electron chi connectivity index (χ3n) is 6.15. The van der Waals surface area contributed by atoms with Crippen LogP contribution in [0.3, 0.4) is 0 Å². The number of carbonyl (C=O) groups excluding carboxylic acids is 1. The molecule has 2 aromatic carbocycles. The third-order valence-corrected chi connectivity index (χ3v) is 6.15. The molecule has 1 amide bonds. The van der Waals surface area contributed by atoms with Crippen molar-refractivity contribution in [3.05, 3.63) is 53.6 Å². The molecule has 1 N–H and O–H groups in total. The lowest BCUT2D eigenvalue weighted by molar-refractivity contribution is -0.137. The van der Waals surface area contributed by atoms with Crippen LogP contribution in [-0.2, 0) is 17.4 Å². The summed E-state index contributed by atoms with van der Waals surface area (Å²) in [6.45, 7) is 4.20. The SMILES string of the molecule is CCNC(=O)C1Cc2cc(C(F)(F)F)ccc2N2CCN(c3ccccc3OC)CC12. The van der Waals surface area contributed by atoms with Crippen LogP contribution in [0.2, 0.25) is 0 Å². The standard InChI is InChI=1S/C23H26F3N3O2/c1-3-27-22(30)17-13-15-12-16(23(24,25)26)8-9-18(15)29-11-10-28(14-20(17)29)19-6-4-5-7-21(19)31-2/h4-9,12,17,20H,3,10-11,13-14H2,1-2H3,(H,27,30). The molecule has 2 aromatic rings. The fraction of sp³-hybridized carbons (Fsp3) is 0.435. The molecule has 2 unspecified atom stereocenters. The number of halogens is 3. The summed E-state index contributed by atoms with van der Waals surface area (Å²) in [6, 6.07) is 11.5. The highest BCUT2D eigenvalue weighted by Crippen LogP contribution is 2.41. The Hall–Kier alpha value is -2.90. The van der Waals surface area contributed by atoms with Crippen LogP contribution in [-0.4, -0.2) is 45.2 Å². The van der Waals surface area contributed by atoms with E-state index in [-0.39, 0.29) is 18.4 Å². The molecule has 2 aliphatic heterocycles. The number of methoxy groups -OCH3 is 1. The van der Waals surface area contributed by atoms with Crippen LogP contribution in [0.25, 0.3) is 0 Å². The molecule has 0 aromatic heterocycles. The van der Waals surface area contributed by atoms with Gasteiger partial charge in [0, 0.05) is 31.9 Å². The summed E-state index contributed by atoms with van der Waals surface area (Å²) in [5.74, 6) is 0.201. The Balaban J connectivity index is 1.70. The van der Waals surface area contributed by atoms with E-state index in [0.717, 1.165) is 23.2 Å². The maximum absolute atomic E-state index is 13.3. The molecule has 4 rings (SSSR count). The number of fused-ring (bicyclic) bond motifs is 3. The van der Waals surface area contributed by atoms with Gasteiger partial charge in [-0.1, -0.05) is 12.1 Å². The van der Waals surface area contributed by atoms with E-state index in [4.69, 9.17) is 4.74 Å². The van der Waals surface area contributed by atoms with Crippen molar-refractivity contribution in [2.75, 3.05) is 43.1 Å². The zero-order valence-electron chi connectivity index (χ0n) is 17.6. The number of nitrogens with zero attached hydrogens (tertiary/aromatic N) is 2. The van der Waals surface area contributed by atoms with Crippen LogP contribution in [0.15, 0.2) is 42.5 Å². The zero-order valence-corrected chi connectivity index (χ0v) is 17.6. The van der Waals surface area contributed by atoms with Gasteiger partial charge < -0.3 is 19.9 Å². The van der Waals surface area contributed by atoms with Crippen LogP contribution in [0.4, 0.5) is 24.5 Å². The van der Waals surface area contributed by atoms with Gasteiger partial charge >= 0.3 is 6.18 Å². The van der Waals surface area contributed by atoms with Crippen LogP contribution >= 0.6 is 0 Å². The molecule has 0 bridgehead atoms. The van der Waals surface area contributed by atoms with Gasteiger partial charge in [0.25, 0.3) is 0 Å². The topological polar surface area (TPSA) is 44.8 Å². The highest BCUT2D eigenvalue weighted by Gasteiger charge is 2.43. The van der Waals surface area contributed by atoms with Crippen molar-refractivity contribution < 1.29 is 22.7 Å². The lowest BCUT2D eigenvalue weighted by atomic mass is 9.82. The predicted molar refractivity (Wildman–Crippen MR) is 114 cm³/mol. The number of amides is 1. The first-order valence-corrected chi connectivity index (χ1v) is 10.5. The molecule has 0 spiro atoms. The van der Waals surface area contributed by atoms with Gasteiger partial charge in [0.1, 0.15) is 5.75 Å². The van der Waals surface area contributed by atoms with Gasteiger partial charge in [-0.25, -0.2) is 0 Å². The first kappa shape index (κ1) is 21.3. The van der Waals surface area contributed by atoms with Crippen LogP contribution in [0, 0.1) is 5.92 Å². The fourth-order valence-corrected chi connectivity index (χ4v) is 4.71. The molecule has 31 heavy (non-hydrogen) atoms. The number of nitrogens with one attached hydrogen (secondary N) is 1. The summed E-state index contributed by atoms with van der Waals surface area (Å²) in [5.41, 5.74) is 1.65. The maximum Gasteiger partial charge on any atom is 0.416 e.